The fourth-order valence-corrected chi connectivity index (χ4v) is 0.270. The Hall–Kier alpha value is -2.82. The van der Waals surface area contributed by atoms with Crippen molar-refractivity contribution >= 4 is 11.9 Å². The second kappa shape index (κ2) is 9.18. The molecule has 0 saturated heterocycles. The fraction of sp³-hybridized carbons (Fsp3) is 0. The Bertz CT molecular complexity index is 518. The molecule has 0 aliphatic rings. The van der Waals surface area contributed by atoms with Gasteiger partial charge in [0.2, 0.25) is 0 Å². The van der Waals surface area contributed by atoms with Gasteiger partial charge >= 0.3 is 0 Å². The minimum atomic E-state index is 1.34. The highest BCUT2D eigenvalue weighted by Gasteiger charge is 1.40. The zero-order chi connectivity index (χ0) is 9.78. The molecule has 13 heavy (non-hydrogen) atoms. The molecule has 0 heterocycles. The molecule has 0 spiro atoms. The average molecular weight is 164 g/mol. The van der Waals surface area contributed by atoms with E-state index in [0.717, 1.165) is 0 Å². The van der Waals surface area contributed by atoms with E-state index in [2.05, 4.69) is 40.1 Å². The van der Waals surface area contributed by atoms with Crippen molar-refractivity contribution < 1.29 is 9.59 Å². The van der Waals surface area contributed by atoms with E-state index in [1.54, 1.807) is 0 Å². The number of carbonyl (C=O) groups excluding carboxylic acids is 2. The molecule has 0 amide bonds. The third kappa shape index (κ3) is 9.18. The normalized spacial score (nSPS) is 3.69. The van der Waals surface area contributed by atoms with Crippen LogP contribution in [0.1, 0.15) is 0 Å². The van der Waals surface area contributed by atoms with Gasteiger partial charge < -0.3 is 0 Å². The van der Waals surface area contributed by atoms with Gasteiger partial charge in [0.1, 0.15) is 0 Å². The van der Waals surface area contributed by atoms with E-state index < -0.39 is 0 Å². The highest BCUT2D eigenvalue weighted by Crippen LogP contribution is 1.53. The van der Waals surface area contributed by atoms with Crippen LogP contribution in [0.3, 0.4) is 0 Å². The van der Waals surface area contributed by atoms with Crippen LogP contribution in [0.2, 0.25) is 0 Å². The molecule has 2 heteroatoms. The van der Waals surface area contributed by atoms with Gasteiger partial charge in [-0.1, -0.05) is 0 Å². The summed E-state index contributed by atoms with van der Waals surface area (Å²) >= 11 is 0. The number of hydrogen-bond acceptors (Lipinski definition) is 2. The molecule has 0 N–H and O–H groups in total. The van der Waals surface area contributed by atoms with Crippen LogP contribution < -0.4 is 0 Å². The average Bonchev–Trinajstić information content (AvgIpc) is 2.16. The molecule has 0 aliphatic carbocycles. The van der Waals surface area contributed by atoms with Gasteiger partial charge in [0.05, 0.1) is 0 Å². The van der Waals surface area contributed by atoms with Crippen LogP contribution in [-0.4, -0.2) is 11.9 Å². The first-order valence-electron chi connectivity index (χ1n) is 2.91. The number of hydrogen-bond donors (Lipinski definition) is 0. The van der Waals surface area contributed by atoms with Gasteiger partial charge in [-0.05, 0) is 0 Å². The number of rotatable bonds is 0. The Morgan fingerprint density at radius 1 is 0.385 bits per heavy atom. The molecule has 0 aliphatic heterocycles. The molecule has 0 aromatic rings. The zero-order valence-corrected chi connectivity index (χ0v) is 6.32. The Morgan fingerprint density at radius 3 is 0.846 bits per heavy atom. The molecule has 0 unspecified atom stereocenters. The molecule has 0 rings (SSSR count). The highest BCUT2D eigenvalue weighted by molar-refractivity contribution is 5.43. The molecule has 0 saturated carbocycles. The van der Waals surface area contributed by atoms with Crippen LogP contribution in [0.25, 0.3) is 0 Å². The lowest BCUT2D eigenvalue weighted by molar-refractivity contribution is 0.568. The van der Waals surface area contributed by atoms with Crippen molar-refractivity contribution in [2.75, 3.05) is 0 Å². The minimum Gasteiger partial charge on any atom is -0.223 e. The summed E-state index contributed by atoms with van der Waals surface area (Å²) in [6.07, 6.45) is 0. The first kappa shape index (κ1) is 10.2. The molecule has 0 atom stereocenters. The summed E-state index contributed by atoms with van der Waals surface area (Å²) in [6.45, 7) is 0. The Balaban J connectivity index is 5.52. The molecule has 0 aromatic carbocycles. The van der Waals surface area contributed by atoms with E-state index in [0.29, 0.717) is 0 Å². The first-order chi connectivity index (χ1) is 6.41. The lowest BCUT2D eigenvalue weighted by atomic mass is 10.6. The molecule has 0 fully saturated rings. The van der Waals surface area contributed by atoms with E-state index in [4.69, 9.17) is 0 Å². The SMILES string of the molecule is O=C=C=C=C=C=C=C=C=C=C=C=O. The quantitative estimate of drug-likeness (QED) is 0.388. The molecule has 0 radical (unpaired) electrons. The first-order valence-corrected chi connectivity index (χ1v) is 2.91. The summed E-state index contributed by atoms with van der Waals surface area (Å²) in [7, 11) is 0. The fourth-order valence-electron chi connectivity index (χ4n) is 0.270. The second-order valence-electron chi connectivity index (χ2n) is 1.33. The molecule has 56 valence electrons. The van der Waals surface area contributed by atoms with E-state index in [1.807, 2.05) is 11.5 Å². The van der Waals surface area contributed by atoms with Crippen molar-refractivity contribution in [3.8, 4) is 0 Å². The summed E-state index contributed by atoms with van der Waals surface area (Å²) < 4.78 is 0. The lowest BCUT2D eigenvalue weighted by Gasteiger charge is -1.37. The predicted molar refractivity (Wildman–Crippen MR) is 43.0 cm³/mol. The van der Waals surface area contributed by atoms with Crippen LogP contribution in [-0.2, 0) is 9.59 Å². The maximum absolute atomic E-state index is 9.54. The van der Waals surface area contributed by atoms with Crippen molar-refractivity contribution in [2.24, 2.45) is 0 Å². The van der Waals surface area contributed by atoms with E-state index >= 15 is 0 Å². The van der Waals surface area contributed by atoms with Crippen molar-refractivity contribution in [1.29, 1.82) is 0 Å². The topological polar surface area (TPSA) is 34.1 Å². The third-order valence-electron chi connectivity index (χ3n) is 0.602. The maximum Gasteiger partial charge on any atom is 0.186 e. The van der Waals surface area contributed by atoms with Gasteiger partial charge in [-0.15, -0.1) is 0 Å². The lowest BCUT2D eigenvalue weighted by Crippen LogP contribution is -1.30. The van der Waals surface area contributed by atoms with Crippen molar-refractivity contribution in [3.05, 3.63) is 51.6 Å². The van der Waals surface area contributed by atoms with E-state index in [-0.39, 0.29) is 0 Å². The smallest absolute Gasteiger partial charge is 0.186 e. The summed E-state index contributed by atoms with van der Waals surface area (Å²) in [6, 6.07) is 0. The van der Waals surface area contributed by atoms with Crippen LogP contribution in [0.4, 0.5) is 0 Å². The second-order valence-corrected chi connectivity index (χ2v) is 1.33. The summed E-state index contributed by atoms with van der Waals surface area (Å²) in [4.78, 5) is 19.1. The zero-order valence-electron chi connectivity index (χ0n) is 6.32. The Kier molecular flexibility index (Phi) is 7.19. The van der Waals surface area contributed by atoms with Crippen LogP contribution in [0.5, 0.6) is 0 Å². The van der Waals surface area contributed by atoms with Gasteiger partial charge in [0.25, 0.3) is 0 Å². The van der Waals surface area contributed by atoms with Gasteiger partial charge in [0, 0.05) is 51.6 Å². The molecule has 0 bridgehead atoms. The Labute approximate surface area is 73.8 Å². The van der Waals surface area contributed by atoms with Crippen LogP contribution >= 0.6 is 0 Å². The Morgan fingerprint density at radius 2 is 0.615 bits per heavy atom. The summed E-state index contributed by atoms with van der Waals surface area (Å²) in [5, 5.41) is 0. The maximum atomic E-state index is 9.54. The minimum absolute atomic E-state index is 1.34. The van der Waals surface area contributed by atoms with Gasteiger partial charge in [-0.25, -0.2) is 9.59 Å². The van der Waals surface area contributed by atoms with Crippen molar-refractivity contribution in [2.45, 2.75) is 0 Å². The molecular formula is C11O2. The van der Waals surface area contributed by atoms with E-state index in [9.17, 15) is 9.59 Å². The van der Waals surface area contributed by atoms with Gasteiger partial charge in [-0.2, -0.15) is 0 Å². The summed E-state index contributed by atoms with van der Waals surface area (Å²) in [5.41, 5.74) is 19.7. The summed E-state index contributed by atoms with van der Waals surface area (Å²) in [5.74, 6) is 2.69. The predicted octanol–water partition coefficient (Wildman–Crippen LogP) is 0.602. The van der Waals surface area contributed by atoms with Gasteiger partial charge in [-0.3, -0.25) is 0 Å². The molecular weight excluding hydrogens is 164 g/mol. The monoisotopic (exact) mass is 164 g/mol. The van der Waals surface area contributed by atoms with Crippen molar-refractivity contribution in [1.82, 2.24) is 0 Å². The third-order valence-corrected chi connectivity index (χ3v) is 0.602. The standard InChI is InChI=1S/C11O2/c12-10-8-6-4-2-1-3-5-7-9-11-13. The van der Waals surface area contributed by atoms with Crippen molar-refractivity contribution in [3.63, 3.8) is 0 Å². The van der Waals surface area contributed by atoms with Crippen LogP contribution in [0.15, 0.2) is 51.6 Å². The largest absolute Gasteiger partial charge is 0.223 e. The molecule has 0 aromatic heterocycles. The van der Waals surface area contributed by atoms with Gasteiger partial charge in [0.15, 0.2) is 11.9 Å². The molecule has 2 nitrogen and oxygen atoms in total. The highest BCUT2D eigenvalue weighted by atomic mass is 16.1. The van der Waals surface area contributed by atoms with Crippen LogP contribution in [0, 0.1) is 0 Å². The van der Waals surface area contributed by atoms with E-state index in [1.165, 1.54) is 11.9 Å².